The molecule has 4 rings (SSSR count). The lowest BCUT2D eigenvalue weighted by Gasteiger charge is -2.42. The van der Waals surface area contributed by atoms with E-state index in [4.69, 9.17) is 37.1 Å². The Labute approximate surface area is 279 Å². The maximum atomic E-state index is 13.5. The van der Waals surface area contributed by atoms with Crippen molar-refractivity contribution >= 4 is 54.3 Å². The molecule has 46 heavy (non-hydrogen) atoms. The largest absolute Gasteiger partial charge is 0.461 e. The van der Waals surface area contributed by atoms with E-state index < -0.39 is 20.3 Å². The van der Waals surface area contributed by atoms with Crippen LogP contribution in [-0.4, -0.2) is 69.4 Å². The van der Waals surface area contributed by atoms with E-state index in [-0.39, 0.29) is 29.6 Å². The van der Waals surface area contributed by atoms with Crippen LogP contribution in [0.4, 0.5) is 5.82 Å². The maximum absolute atomic E-state index is 13.5. The molecule has 0 aliphatic rings. The van der Waals surface area contributed by atoms with E-state index in [1.807, 2.05) is 6.92 Å². The lowest BCUT2D eigenvalue weighted by atomic mass is 10.2. The molecule has 4 aromatic rings. The Morgan fingerprint density at radius 1 is 0.978 bits per heavy atom. The zero-order valence-corrected chi connectivity index (χ0v) is 29.4. The second-order valence-corrected chi connectivity index (χ2v) is 18.1. The number of fused-ring (bicyclic) bond motifs is 1. The number of carbonyl (C=O) groups excluding carboxylic acids is 1. The summed E-state index contributed by atoms with van der Waals surface area (Å²) in [4.78, 5) is 30.2. The number of aromatic nitrogens is 6. The molecule has 0 fully saturated rings. The molecular weight excluding hydrogens is 647 g/mol. The quantitative estimate of drug-likeness (QED) is 0.141. The summed E-state index contributed by atoms with van der Waals surface area (Å²) in [6, 6.07) is 7.09. The Bertz CT molecular complexity index is 1670. The molecule has 0 radical (unpaired) electrons. The third-order valence-corrected chi connectivity index (χ3v) is 14.5. The molecule has 1 aromatic carbocycles. The minimum absolute atomic E-state index is 0.0857. The van der Waals surface area contributed by atoms with Gasteiger partial charge in [-0.25, -0.2) is 24.6 Å². The van der Waals surface area contributed by atoms with Crippen molar-refractivity contribution in [1.29, 1.82) is 5.26 Å². The molecule has 3 aromatic heterocycles. The van der Waals surface area contributed by atoms with Gasteiger partial charge in [0.1, 0.15) is 28.6 Å². The number of carbonyl (C=O) groups is 1. The van der Waals surface area contributed by atoms with Crippen LogP contribution in [0.25, 0.3) is 16.7 Å². The van der Waals surface area contributed by atoms with Crippen molar-refractivity contribution in [3.05, 3.63) is 58.9 Å². The molecule has 3 heterocycles. The van der Waals surface area contributed by atoms with Crippen LogP contribution >= 0.6 is 23.2 Å². The van der Waals surface area contributed by atoms with Gasteiger partial charge >= 0.3 is 0 Å². The zero-order valence-electron chi connectivity index (χ0n) is 26.9. The number of hydrogen-bond donors (Lipinski definition) is 1. The van der Waals surface area contributed by atoms with Gasteiger partial charge in [0.05, 0.1) is 48.5 Å². The molecule has 0 aliphatic heterocycles. The third-order valence-electron chi connectivity index (χ3n) is 7.87. The van der Waals surface area contributed by atoms with E-state index in [9.17, 15) is 10.1 Å². The van der Waals surface area contributed by atoms with Crippen molar-refractivity contribution < 1.29 is 18.7 Å². The summed E-state index contributed by atoms with van der Waals surface area (Å²) in [5.41, 5.74) is 2.25. The number of hydrogen-bond acceptors (Lipinski definition) is 10. The first kappa shape index (κ1) is 35.2. The van der Waals surface area contributed by atoms with Crippen molar-refractivity contribution in [2.45, 2.75) is 77.3 Å². The lowest BCUT2D eigenvalue weighted by Crippen LogP contribution is -2.49. The number of ether oxygens (including phenoxy) is 2. The van der Waals surface area contributed by atoms with Gasteiger partial charge in [0.2, 0.25) is 12.0 Å². The number of benzene rings is 1. The minimum Gasteiger partial charge on any atom is -0.461 e. The number of amides is 1. The number of halogens is 2. The fourth-order valence-corrected chi connectivity index (χ4v) is 11.7. The second kappa shape index (κ2) is 15.3. The van der Waals surface area contributed by atoms with Crippen molar-refractivity contribution in [2.24, 2.45) is 0 Å². The van der Waals surface area contributed by atoms with E-state index in [0.717, 1.165) is 0 Å². The van der Waals surface area contributed by atoms with E-state index in [0.29, 0.717) is 50.5 Å². The van der Waals surface area contributed by atoms with Crippen LogP contribution in [0.1, 0.15) is 54.0 Å². The molecule has 2 atom stereocenters. The number of para-hydroxylation sites is 1. The molecule has 12 nitrogen and oxygen atoms in total. The fourth-order valence-electron chi connectivity index (χ4n) is 5.84. The highest BCUT2D eigenvalue weighted by Gasteiger charge is 2.45. The summed E-state index contributed by atoms with van der Waals surface area (Å²) in [6.07, 6.45) is 3.92. The standard InChI is InChI=1S/C31H38Cl2N8O4Si/c1-18(2)46(19(3)4,20(5)6)44-15-21(7)43-16-25(30(42)40-27-14-35-26(33)13-36-27)45-31-23-12-39-41(29(23)37-17-38-31)28-22(11-34)9-8-10-24(28)32/h8-10,12-14,17-21,25H,15-16H2,1-7H3,(H,36,40,42)/t21-,25+/m1/s1. The first-order valence-electron chi connectivity index (χ1n) is 15.0. The highest BCUT2D eigenvalue weighted by Crippen LogP contribution is 2.42. The number of nitrogens with one attached hydrogen (secondary N) is 1. The molecule has 0 saturated carbocycles. The molecule has 0 bridgehead atoms. The summed E-state index contributed by atoms with van der Waals surface area (Å²) in [6.45, 7) is 15.5. The van der Waals surface area contributed by atoms with E-state index in [2.05, 4.69) is 78.0 Å². The SMILES string of the molecule is CC(C)[Si](OC[C@@H](C)OC[C@H](Oc1ncnc2c1cnn2-c1c(Cl)cccc1C#N)C(=O)Nc1cnc(Cl)cn1)(C(C)C)C(C)C. The average molecular weight is 686 g/mol. The van der Waals surface area contributed by atoms with Gasteiger partial charge < -0.3 is 19.2 Å². The predicted molar refractivity (Wildman–Crippen MR) is 179 cm³/mol. The van der Waals surface area contributed by atoms with Crippen molar-refractivity contribution in [1.82, 2.24) is 29.7 Å². The fraction of sp³-hybridized carbons (Fsp3) is 0.452. The van der Waals surface area contributed by atoms with Crippen LogP contribution in [0.15, 0.2) is 43.1 Å². The summed E-state index contributed by atoms with van der Waals surface area (Å²) >= 11 is 12.3. The Kier molecular flexibility index (Phi) is 11.7. The van der Waals surface area contributed by atoms with Crippen LogP contribution < -0.4 is 10.1 Å². The van der Waals surface area contributed by atoms with Crippen LogP contribution in [0.3, 0.4) is 0 Å². The number of nitrogens with zero attached hydrogens (tertiary/aromatic N) is 7. The van der Waals surface area contributed by atoms with Gasteiger partial charge in [-0.15, -0.1) is 0 Å². The molecular formula is C31H38Cl2N8O4Si. The second-order valence-electron chi connectivity index (χ2n) is 11.8. The normalized spacial score (nSPS) is 13.3. The Morgan fingerprint density at radius 3 is 2.33 bits per heavy atom. The van der Waals surface area contributed by atoms with Crippen molar-refractivity contribution in [3.63, 3.8) is 0 Å². The number of anilines is 1. The van der Waals surface area contributed by atoms with Gasteiger partial charge in [-0.1, -0.05) is 70.8 Å². The topological polar surface area (TPSA) is 150 Å². The van der Waals surface area contributed by atoms with Crippen LogP contribution in [0.5, 0.6) is 5.88 Å². The Morgan fingerprint density at radius 2 is 1.70 bits per heavy atom. The smallest absolute Gasteiger partial charge is 0.269 e. The maximum Gasteiger partial charge on any atom is 0.269 e. The van der Waals surface area contributed by atoms with Crippen LogP contribution in [-0.2, 0) is 14.0 Å². The van der Waals surface area contributed by atoms with Gasteiger partial charge in [0.25, 0.3) is 5.91 Å². The van der Waals surface area contributed by atoms with Gasteiger partial charge in [0, 0.05) is 0 Å². The van der Waals surface area contributed by atoms with E-state index in [1.165, 1.54) is 29.6 Å². The third kappa shape index (κ3) is 7.64. The van der Waals surface area contributed by atoms with Crippen molar-refractivity contribution in [2.75, 3.05) is 18.5 Å². The lowest BCUT2D eigenvalue weighted by molar-refractivity contribution is -0.127. The van der Waals surface area contributed by atoms with Gasteiger partial charge in [-0.3, -0.25) is 4.79 Å². The minimum atomic E-state index is -2.12. The first-order chi connectivity index (χ1) is 21.9. The van der Waals surface area contributed by atoms with Gasteiger partial charge in [-0.05, 0) is 35.7 Å². The molecule has 1 amide bonds. The van der Waals surface area contributed by atoms with E-state index in [1.54, 1.807) is 18.2 Å². The first-order valence-corrected chi connectivity index (χ1v) is 17.9. The predicted octanol–water partition coefficient (Wildman–Crippen LogP) is 6.77. The Balaban J connectivity index is 1.60. The summed E-state index contributed by atoms with van der Waals surface area (Å²) in [7, 11) is -2.12. The molecule has 15 heteroatoms. The van der Waals surface area contributed by atoms with Gasteiger partial charge in [-0.2, -0.15) is 10.4 Å². The molecule has 0 spiro atoms. The number of rotatable bonds is 14. The summed E-state index contributed by atoms with van der Waals surface area (Å²) in [5, 5.41) is 17.7. The molecule has 0 unspecified atom stereocenters. The summed E-state index contributed by atoms with van der Waals surface area (Å²) < 4.78 is 20.5. The van der Waals surface area contributed by atoms with E-state index >= 15 is 0 Å². The van der Waals surface area contributed by atoms with Gasteiger partial charge in [0.15, 0.2) is 19.8 Å². The molecule has 0 saturated heterocycles. The number of nitriles is 1. The highest BCUT2D eigenvalue weighted by molar-refractivity contribution is 6.77. The Hall–Kier alpha value is -3.67. The highest BCUT2D eigenvalue weighted by atomic mass is 35.5. The average Bonchev–Trinajstić information content (AvgIpc) is 3.44. The monoisotopic (exact) mass is 684 g/mol. The zero-order chi connectivity index (χ0) is 33.6. The summed E-state index contributed by atoms with van der Waals surface area (Å²) in [5.74, 6) is -0.274. The van der Waals surface area contributed by atoms with Crippen molar-refractivity contribution in [3.8, 4) is 17.6 Å². The van der Waals surface area contributed by atoms with Crippen LogP contribution in [0.2, 0.25) is 26.8 Å². The molecule has 1 N–H and O–H groups in total. The molecule has 244 valence electrons. The van der Waals surface area contributed by atoms with Crippen LogP contribution in [0, 0.1) is 11.3 Å². The molecule has 0 aliphatic carbocycles.